The molecular formula is C22H23N3O8. The summed E-state index contributed by atoms with van der Waals surface area (Å²) in [5, 5.41) is 54.9. The summed E-state index contributed by atoms with van der Waals surface area (Å²) in [5.41, 5.74) is 6.78. The predicted octanol–water partition coefficient (Wildman–Crippen LogP) is -1.01. The van der Waals surface area contributed by atoms with Crippen LogP contribution in [0, 0.1) is 11.8 Å². The molecular weight excluding hydrogens is 434 g/mol. The van der Waals surface area contributed by atoms with Gasteiger partial charge in [-0.2, -0.15) is 0 Å². The molecule has 1 fully saturated rings. The molecule has 3 aliphatic carbocycles. The fourth-order valence-electron chi connectivity index (χ4n) is 5.33. The van der Waals surface area contributed by atoms with Crippen molar-refractivity contribution in [1.29, 1.82) is 0 Å². The number of likely N-dealkylation sites (N-methyl/N-ethyl adjacent to an activating group) is 1. The van der Waals surface area contributed by atoms with Gasteiger partial charge < -0.3 is 37.0 Å². The number of primary amides is 1. The second-order valence-corrected chi connectivity index (χ2v) is 8.66. The summed E-state index contributed by atoms with van der Waals surface area (Å²) in [6.45, 7) is 3.90. The maximum absolute atomic E-state index is 13.7. The molecule has 0 heterocycles. The number of ketones is 2. The number of hydrogen-bond donors (Lipinski definition) is 7. The highest BCUT2D eigenvalue weighted by Crippen LogP contribution is 2.56. The second kappa shape index (κ2) is 6.91. The van der Waals surface area contributed by atoms with E-state index in [2.05, 4.69) is 6.58 Å². The number of aromatic hydroxyl groups is 1. The number of nitrogen functional groups attached to an aromatic ring is 1. The smallest absolute Gasteiger partial charge is 0.255 e. The highest BCUT2D eigenvalue weighted by atomic mass is 16.4. The molecule has 0 unspecified atom stereocenters. The van der Waals surface area contributed by atoms with Crippen molar-refractivity contribution in [2.24, 2.45) is 17.6 Å². The van der Waals surface area contributed by atoms with E-state index in [1.165, 1.54) is 31.1 Å². The Kier molecular flexibility index (Phi) is 4.72. The molecule has 4 rings (SSSR count). The third-order valence-corrected chi connectivity index (χ3v) is 6.75. The largest absolute Gasteiger partial charge is 0.508 e. The van der Waals surface area contributed by atoms with Crippen LogP contribution in [0.1, 0.15) is 11.1 Å². The molecule has 1 aromatic rings. The number of phenols is 1. The fraction of sp³-hybridized carbons (Fsp3) is 0.318. The summed E-state index contributed by atoms with van der Waals surface area (Å²) in [6, 6.07) is 1.10. The van der Waals surface area contributed by atoms with Gasteiger partial charge in [0.1, 0.15) is 22.8 Å². The van der Waals surface area contributed by atoms with Crippen LogP contribution in [0.5, 0.6) is 5.75 Å². The molecule has 174 valence electrons. The average molecular weight is 457 g/mol. The van der Waals surface area contributed by atoms with Crippen LogP contribution in [0.25, 0.3) is 11.3 Å². The number of fused-ring (bicyclic) bond motifs is 3. The Labute approximate surface area is 187 Å². The Hall–Kier alpha value is -3.67. The molecule has 0 saturated heterocycles. The number of aliphatic hydroxyl groups excluding tert-OH is 3. The highest BCUT2D eigenvalue weighted by molar-refractivity contribution is 6.25. The van der Waals surface area contributed by atoms with Crippen LogP contribution < -0.4 is 11.5 Å². The van der Waals surface area contributed by atoms with E-state index in [-0.39, 0.29) is 22.4 Å². The number of anilines is 1. The summed E-state index contributed by atoms with van der Waals surface area (Å²) in [5.74, 6) is -9.15. The topological polar surface area (TPSA) is 208 Å². The van der Waals surface area contributed by atoms with Crippen LogP contribution in [0.4, 0.5) is 5.69 Å². The number of carbonyl (C=O) groups excluding carboxylic acids is 3. The van der Waals surface area contributed by atoms with Crippen molar-refractivity contribution < 1.29 is 39.9 Å². The van der Waals surface area contributed by atoms with Gasteiger partial charge in [0.05, 0.1) is 29.2 Å². The molecule has 9 N–H and O–H groups in total. The van der Waals surface area contributed by atoms with E-state index < -0.39 is 75.5 Å². The van der Waals surface area contributed by atoms with Crippen LogP contribution in [-0.2, 0) is 14.4 Å². The number of rotatable bonds is 2. The number of phenolic OH excluding ortho intramolecular Hbond substituents is 1. The molecule has 0 aromatic heterocycles. The van der Waals surface area contributed by atoms with Gasteiger partial charge in [0.25, 0.3) is 5.91 Å². The van der Waals surface area contributed by atoms with Gasteiger partial charge in [0.2, 0.25) is 5.78 Å². The lowest BCUT2D eigenvalue weighted by Gasteiger charge is -2.53. The van der Waals surface area contributed by atoms with Crippen molar-refractivity contribution in [3.05, 3.63) is 46.7 Å². The maximum atomic E-state index is 13.7. The number of nitrogens with two attached hydrogens (primary N) is 2. The van der Waals surface area contributed by atoms with E-state index in [4.69, 9.17) is 11.5 Å². The predicted molar refractivity (Wildman–Crippen MR) is 115 cm³/mol. The minimum Gasteiger partial charge on any atom is -0.508 e. The Morgan fingerprint density at radius 3 is 2.30 bits per heavy atom. The van der Waals surface area contributed by atoms with E-state index >= 15 is 0 Å². The van der Waals surface area contributed by atoms with Gasteiger partial charge in [-0.15, -0.1) is 0 Å². The first kappa shape index (κ1) is 22.5. The molecule has 5 atom stereocenters. The summed E-state index contributed by atoms with van der Waals surface area (Å²) in [6.07, 6.45) is -1.75. The number of nitrogens with zero attached hydrogens (tertiary/aromatic N) is 1. The van der Waals surface area contributed by atoms with Crippen molar-refractivity contribution in [2.75, 3.05) is 19.8 Å². The van der Waals surface area contributed by atoms with Crippen LogP contribution >= 0.6 is 0 Å². The summed E-state index contributed by atoms with van der Waals surface area (Å²) < 4.78 is 0. The zero-order valence-corrected chi connectivity index (χ0v) is 17.7. The average Bonchev–Trinajstić information content (AvgIpc) is 2.72. The summed E-state index contributed by atoms with van der Waals surface area (Å²) in [4.78, 5) is 39.9. The third kappa shape index (κ3) is 2.58. The van der Waals surface area contributed by atoms with Crippen LogP contribution in [0.15, 0.2) is 35.6 Å². The molecule has 0 aliphatic heterocycles. The van der Waals surface area contributed by atoms with Gasteiger partial charge in [0, 0.05) is 17.2 Å². The molecule has 33 heavy (non-hydrogen) atoms. The summed E-state index contributed by atoms with van der Waals surface area (Å²) in [7, 11) is 2.84. The van der Waals surface area contributed by atoms with Crippen molar-refractivity contribution in [2.45, 2.75) is 17.7 Å². The Morgan fingerprint density at radius 1 is 1.15 bits per heavy atom. The van der Waals surface area contributed by atoms with E-state index in [0.29, 0.717) is 0 Å². The Morgan fingerprint density at radius 2 is 1.76 bits per heavy atom. The van der Waals surface area contributed by atoms with Crippen LogP contribution in [-0.4, -0.2) is 79.7 Å². The minimum atomic E-state index is -2.97. The molecule has 0 bridgehead atoms. The maximum Gasteiger partial charge on any atom is 0.255 e. The lowest BCUT2D eigenvalue weighted by Crippen LogP contribution is -2.70. The van der Waals surface area contributed by atoms with E-state index in [9.17, 15) is 39.9 Å². The first-order chi connectivity index (χ1) is 15.3. The molecule has 11 heteroatoms. The summed E-state index contributed by atoms with van der Waals surface area (Å²) >= 11 is 0. The highest BCUT2D eigenvalue weighted by Gasteiger charge is 2.68. The van der Waals surface area contributed by atoms with Gasteiger partial charge >= 0.3 is 0 Å². The third-order valence-electron chi connectivity index (χ3n) is 6.75. The number of aliphatic hydroxyl groups is 4. The van der Waals surface area contributed by atoms with Crippen molar-refractivity contribution in [1.82, 2.24) is 4.90 Å². The van der Waals surface area contributed by atoms with Gasteiger partial charge in [-0.25, -0.2) is 0 Å². The zero-order valence-electron chi connectivity index (χ0n) is 17.7. The van der Waals surface area contributed by atoms with E-state index in [1.807, 2.05) is 0 Å². The number of benzene rings is 1. The standard InChI is InChI=1S/C22H23N3O8/c1-6-9-7(23)4-5-8(26)11(9)16(27)12-10(6)17(28)14-15(25(2)3)18(29)13(21(24)32)20(31)22(14,33)19(12)30/h4-5,10,14-15,17,26-28,31,33H,1,23H2,2-3H3,(H2,24,32)/t10-,14-,15+,17+,22+/m0/s1. The lowest BCUT2D eigenvalue weighted by atomic mass is 9.55. The Balaban J connectivity index is 2.10. The molecule has 3 aliphatic rings. The minimum absolute atomic E-state index is 0.0585. The van der Waals surface area contributed by atoms with Crippen LogP contribution in [0.3, 0.4) is 0 Å². The van der Waals surface area contributed by atoms with Crippen molar-refractivity contribution in [3.63, 3.8) is 0 Å². The quantitative estimate of drug-likeness (QED) is 0.163. The van der Waals surface area contributed by atoms with Crippen LogP contribution in [0.2, 0.25) is 0 Å². The van der Waals surface area contributed by atoms with Gasteiger partial charge in [-0.3, -0.25) is 19.3 Å². The van der Waals surface area contributed by atoms with Gasteiger partial charge in [-0.1, -0.05) is 6.58 Å². The Bertz CT molecular complexity index is 1230. The molecule has 1 amide bonds. The van der Waals surface area contributed by atoms with Gasteiger partial charge in [0.15, 0.2) is 11.4 Å². The van der Waals surface area contributed by atoms with E-state index in [1.54, 1.807) is 0 Å². The van der Waals surface area contributed by atoms with E-state index in [0.717, 1.165) is 0 Å². The number of amides is 1. The molecule has 1 aromatic carbocycles. The molecule has 0 spiro atoms. The SMILES string of the molecule is C=C1c2c(N)ccc(O)c2C(O)=C2C(=O)[C@@]3(O)C(O)=C(C(N)=O)C(=O)[C@H](N(C)C)[C@H]3[C@H](O)[C@@H]12. The number of carbonyl (C=O) groups is 3. The van der Waals surface area contributed by atoms with Crippen molar-refractivity contribution in [3.8, 4) is 5.75 Å². The monoisotopic (exact) mass is 457 g/mol. The molecule has 1 saturated carbocycles. The normalized spacial score (nSPS) is 31.5. The molecule has 0 radical (unpaired) electrons. The van der Waals surface area contributed by atoms with Gasteiger partial charge in [-0.05, 0) is 31.8 Å². The molecule has 11 nitrogen and oxygen atoms in total. The zero-order chi connectivity index (χ0) is 24.7. The number of hydrogen-bond acceptors (Lipinski definition) is 10. The lowest BCUT2D eigenvalue weighted by molar-refractivity contribution is -0.166. The first-order valence-corrected chi connectivity index (χ1v) is 9.91. The number of Topliss-reactive ketones (excluding diaryl/α,β-unsaturated/α-hetero) is 2. The second-order valence-electron chi connectivity index (χ2n) is 8.66. The fourth-order valence-corrected chi connectivity index (χ4v) is 5.33. The van der Waals surface area contributed by atoms with Crippen molar-refractivity contribution >= 4 is 34.5 Å². The first-order valence-electron chi connectivity index (χ1n) is 9.91.